The minimum atomic E-state index is -0.446. The zero-order valence-corrected chi connectivity index (χ0v) is 19.4. The molecule has 2 rings (SSSR count). The molecule has 2 N–H and O–H groups in total. The Labute approximate surface area is 179 Å². The van der Waals surface area contributed by atoms with Crippen molar-refractivity contribution < 1.29 is 9.53 Å². The fourth-order valence-electron chi connectivity index (χ4n) is 3.26. The summed E-state index contributed by atoms with van der Waals surface area (Å²) in [6, 6.07) is 0. The second-order valence-corrected chi connectivity index (χ2v) is 9.62. The average molecular weight is 424 g/mol. The standard InChI is InChI=1S/C21H37N5O2S/c1-6-17-13-24-18(29-17)14-25-19(22-7-2)23-11-10-16-9-8-12-26(15-16)20(27)28-21(3,4)5/h13,16H,6-12,14-15H2,1-5H3,(H2,22,23,25). The van der Waals surface area contributed by atoms with Gasteiger partial charge in [0, 0.05) is 37.3 Å². The van der Waals surface area contributed by atoms with Gasteiger partial charge in [-0.05, 0) is 59.3 Å². The van der Waals surface area contributed by atoms with E-state index in [1.807, 2.05) is 31.9 Å². The molecule has 0 saturated carbocycles. The van der Waals surface area contributed by atoms with Crippen molar-refractivity contribution in [2.24, 2.45) is 10.9 Å². The van der Waals surface area contributed by atoms with Crippen LogP contribution in [-0.2, 0) is 17.7 Å². The highest BCUT2D eigenvalue weighted by molar-refractivity contribution is 7.11. The SMILES string of the molecule is CCNC(=NCc1ncc(CC)s1)NCCC1CCCN(C(=O)OC(C)(C)C)C1. The van der Waals surface area contributed by atoms with Crippen molar-refractivity contribution in [2.45, 2.75) is 72.4 Å². The van der Waals surface area contributed by atoms with Crippen LogP contribution < -0.4 is 10.6 Å². The summed E-state index contributed by atoms with van der Waals surface area (Å²) >= 11 is 1.72. The molecule has 2 heterocycles. The van der Waals surface area contributed by atoms with Crippen LogP contribution >= 0.6 is 11.3 Å². The first kappa shape index (κ1) is 23.4. The van der Waals surface area contributed by atoms with Crippen molar-refractivity contribution in [1.29, 1.82) is 0 Å². The topological polar surface area (TPSA) is 78.9 Å². The Balaban J connectivity index is 1.79. The number of aliphatic imine (C=N–C) groups is 1. The molecule has 0 radical (unpaired) electrons. The lowest BCUT2D eigenvalue weighted by molar-refractivity contribution is 0.0162. The number of guanidine groups is 1. The normalized spacial score (nSPS) is 17.9. The lowest BCUT2D eigenvalue weighted by atomic mass is 9.95. The fraction of sp³-hybridized carbons (Fsp3) is 0.762. The van der Waals surface area contributed by atoms with E-state index in [2.05, 4.69) is 34.5 Å². The van der Waals surface area contributed by atoms with Crippen LogP contribution in [0.2, 0.25) is 0 Å². The number of likely N-dealkylation sites (tertiary alicyclic amines) is 1. The number of aryl methyl sites for hydroxylation is 1. The summed E-state index contributed by atoms with van der Waals surface area (Å²) < 4.78 is 5.52. The minimum absolute atomic E-state index is 0.194. The first-order valence-corrected chi connectivity index (χ1v) is 11.6. The van der Waals surface area contributed by atoms with Gasteiger partial charge in [0.1, 0.15) is 10.6 Å². The lowest BCUT2D eigenvalue weighted by Gasteiger charge is -2.34. The van der Waals surface area contributed by atoms with Gasteiger partial charge >= 0.3 is 6.09 Å². The molecule has 164 valence electrons. The Morgan fingerprint density at radius 2 is 2.17 bits per heavy atom. The predicted octanol–water partition coefficient (Wildman–Crippen LogP) is 3.80. The van der Waals surface area contributed by atoms with Crippen LogP contribution in [0.4, 0.5) is 4.79 Å². The molecule has 1 fully saturated rings. The minimum Gasteiger partial charge on any atom is -0.444 e. The van der Waals surface area contributed by atoms with Gasteiger partial charge in [0.15, 0.2) is 5.96 Å². The smallest absolute Gasteiger partial charge is 0.410 e. The first-order chi connectivity index (χ1) is 13.8. The van der Waals surface area contributed by atoms with Crippen LogP contribution in [0, 0.1) is 5.92 Å². The fourth-order valence-corrected chi connectivity index (χ4v) is 4.05. The summed E-state index contributed by atoms with van der Waals surface area (Å²) in [4.78, 5) is 24.6. The molecule has 0 aliphatic carbocycles. The summed E-state index contributed by atoms with van der Waals surface area (Å²) in [5.41, 5.74) is -0.446. The third-order valence-corrected chi connectivity index (χ3v) is 5.81. The van der Waals surface area contributed by atoms with Gasteiger partial charge in [-0.2, -0.15) is 0 Å². The zero-order chi connectivity index (χ0) is 21.3. The highest BCUT2D eigenvalue weighted by Gasteiger charge is 2.27. The highest BCUT2D eigenvalue weighted by atomic mass is 32.1. The summed E-state index contributed by atoms with van der Waals surface area (Å²) in [6.45, 7) is 13.7. The molecule has 1 saturated heterocycles. The van der Waals surface area contributed by atoms with Gasteiger partial charge in [-0.25, -0.2) is 14.8 Å². The molecular weight excluding hydrogens is 386 g/mol. The van der Waals surface area contributed by atoms with E-state index in [9.17, 15) is 4.79 Å². The molecule has 1 aliphatic heterocycles. The Hall–Kier alpha value is -1.83. The van der Waals surface area contributed by atoms with Crippen molar-refractivity contribution in [2.75, 3.05) is 26.2 Å². The van der Waals surface area contributed by atoms with E-state index in [0.29, 0.717) is 12.5 Å². The third kappa shape index (κ3) is 8.60. The number of carbonyl (C=O) groups is 1. The van der Waals surface area contributed by atoms with Crippen molar-refractivity contribution in [3.8, 4) is 0 Å². The van der Waals surface area contributed by atoms with Crippen molar-refractivity contribution in [1.82, 2.24) is 20.5 Å². The third-order valence-electron chi connectivity index (χ3n) is 4.68. The monoisotopic (exact) mass is 423 g/mol. The molecule has 7 nitrogen and oxygen atoms in total. The van der Waals surface area contributed by atoms with E-state index in [1.165, 1.54) is 4.88 Å². The summed E-state index contributed by atoms with van der Waals surface area (Å²) in [6.07, 6.45) is 5.94. The summed E-state index contributed by atoms with van der Waals surface area (Å²) in [5.74, 6) is 1.30. The van der Waals surface area contributed by atoms with Gasteiger partial charge in [-0.15, -0.1) is 11.3 Å². The van der Waals surface area contributed by atoms with E-state index in [1.54, 1.807) is 11.3 Å². The van der Waals surface area contributed by atoms with Gasteiger partial charge in [0.25, 0.3) is 0 Å². The van der Waals surface area contributed by atoms with Gasteiger partial charge < -0.3 is 20.3 Å². The first-order valence-electron chi connectivity index (χ1n) is 10.7. The lowest BCUT2D eigenvalue weighted by Crippen LogP contribution is -2.44. The molecule has 1 aromatic rings. The number of nitrogens with zero attached hydrogens (tertiary/aromatic N) is 3. The number of hydrogen-bond donors (Lipinski definition) is 2. The van der Waals surface area contributed by atoms with Gasteiger partial charge in [0.2, 0.25) is 0 Å². The zero-order valence-electron chi connectivity index (χ0n) is 18.6. The highest BCUT2D eigenvalue weighted by Crippen LogP contribution is 2.21. The Kier molecular flexibility index (Phi) is 9.20. The molecule has 0 bridgehead atoms. The number of piperidine rings is 1. The maximum atomic E-state index is 12.3. The number of amides is 1. The van der Waals surface area contributed by atoms with Crippen molar-refractivity contribution in [3.63, 3.8) is 0 Å². The number of rotatable bonds is 7. The molecule has 1 atom stereocenters. The van der Waals surface area contributed by atoms with Gasteiger partial charge in [0.05, 0.1) is 6.54 Å². The number of carbonyl (C=O) groups excluding carboxylic acids is 1. The molecule has 0 spiro atoms. The number of thiazole rings is 1. The van der Waals surface area contributed by atoms with Crippen LogP contribution in [0.1, 0.15) is 63.8 Å². The van der Waals surface area contributed by atoms with E-state index in [-0.39, 0.29) is 6.09 Å². The Morgan fingerprint density at radius 1 is 1.38 bits per heavy atom. The average Bonchev–Trinajstić information content (AvgIpc) is 3.13. The van der Waals surface area contributed by atoms with Crippen LogP contribution in [0.25, 0.3) is 0 Å². The number of hydrogen-bond acceptors (Lipinski definition) is 5. The number of aromatic nitrogens is 1. The van der Waals surface area contributed by atoms with E-state index in [4.69, 9.17) is 4.74 Å². The maximum absolute atomic E-state index is 12.3. The Morgan fingerprint density at radius 3 is 2.83 bits per heavy atom. The molecular formula is C21H37N5O2S. The van der Waals surface area contributed by atoms with Gasteiger partial charge in [-0.3, -0.25) is 0 Å². The second kappa shape index (κ2) is 11.4. The maximum Gasteiger partial charge on any atom is 0.410 e. The van der Waals surface area contributed by atoms with E-state index >= 15 is 0 Å². The van der Waals surface area contributed by atoms with Crippen molar-refractivity contribution >= 4 is 23.4 Å². The number of nitrogens with one attached hydrogen (secondary N) is 2. The molecule has 29 heavy (non-hydrogen) atoms. The Bertz CT molecular complexity index is 668. The molecule has 1 unspecified atom stereocenters. The molecule has 1 aliphatic rings. The summed E-state index contributed by atoms with van der Waals surface area (Å²) in [5, 5.41) is 7.76. The van der Waals surface area contributed by atoms with Crippen LogP contribution in [-0.4, -0.2) is 53.7 Å². The summed E-state index contributed by atoms with van der Waals surface area (Å²) in [7, 11) is 0. The molecule has 8 heteroatoms. The van der Waals surface area contributed by atoms with Gasteiger partial charge in [-0.1, -0.05) is 6.92 Å². The molecule has 1 aromatic heterocycles. The van der Waals surface area contributed by atoms with E-state index in [0.717, 1.165) is 62.8 Å². The second-order valence-electron chi connectivity index (χ2n) is 8.42. The largest absolute Gasteiger partial charge is 0.444 e. The number of ether oxygens (including phenoxy) is 1. The van der Waals surface area contributed by atoms with E-state index < -0.39 is 5.60 Å². The quantitative estimate of drug-likeness (QED) is 0.515. The van der Waals surface area contributed by atoms with Crippen molar-refractivity contribution in [3.05, 3.63) is 16.1 Å². The van der Waals surface area contributed by atoms with Crippen LogP contribution in [0.5, 0.6) is 0 Å². The van der Waals surface area contributed by atoms with Crippen LogP contribution in [0.15, 0.2) is 11.2 Å². The van der Waals surface area contributed by atoms with Crippen LogP contribution in [0.3, 0.4) is 0 Å². The molecule has 0 aromatic carbocycles. The predicted molar refractivity (Wildman–Crippen MR) is 119 cm³/mol. The molecule has 1 amide bonds.